The third kappa shape index (κ3) is 4.21. The zero-order valence-corrected chi connectivity index (χ0v) is 13.4. The summed E-state index contributed by atoms with van der Waals surface area (Å²) in [5.41, 5.74) is 0. The van der Waals surface area contributed by atoms with E-state index in [1.165, 1.54) is 45.1 Å². The SMILES string of the molecule is CCN(CC1CCCN1CC)C(=O)CCC1CCCC1. The molecular weight excluding hydrogens is 248 g/mol. The first kappa shape index (κ1) is 15.8. The molecule has 0 N–H and O–H groups in total. The van der Waals surface area contributed by atoms with Crippen LogP contribution in [0.4, 0.5) is 0 Å². The average molecular weight is 280 g/mol. The molecule has 3 nitrogen and oxygen atoms in total. The largest absolute Gasteiger partial charge is 0.341 e. The van der Waals surface area contributed by atoms with Gasteiger partial charge in [0.25, 0.3) is 0 Å². The summed E-state index contributed by atoms with van der Waals surface area (Å²) in [7, 11) is 0. The zero-order chi connectivity index (χ0) is 14.4. The normalized spacial score (nSPS) is 24.4. The first-order valence-electron chi connectivity index (χ1n) is 8.76. The Balaban J connectivity index is 1.76. The molecule has 1 saturated heterocycles. The summed E-state index contributed by atoms with van der Waals surface area (Å²) in [6.07, 6.45) is 9.92. The van der Waals surface area contributed by atoms with Gasteiger partial charge in [0, 0.05) is 25.6 Å². The van der Waals surface area contributed by atoms with Gasteiger partial charge in [-0.2, -0.15) is 0 Å². The number of likely N-dealkylation sites (N-methyl/N-ethyl adjacent to an activating group) is 2. The molecule has 3 heteroatoms. The second kappa shape index (κ2) is 8.02. The summed E-state index contributed by atoms with van der Waals surface area (Å²) >= 11 is 0. The van der Waals surface area contributed by atoms with Crippen molar-refractivity contribution in [2.75, 3.05) is 26.2 Å². The van der Waals surface area contributed by atoms with Crippen molar-refractivity contribution in [3.8, 4) is 0 Å². The van der Waals surface area contributed by atoms with E-state index in [1.54, 1.807) is 0 Å². The van der Waals surface area contributed by atoms with Gasteiger partial charge in [-0.15, -0.1) is 0 Å². The minimum Gasteiger partial charge on any atom is -0.341 e. The number of carbonyl (C=O) groups excluding carboxylic acids is 1. The van der Waals surface area contributed by atoms with Crippen molar-refractivity contribution in [3.63, 3.8) is 0 Å². The Morgan fingerprint density at radius 3 is 2.55 bits per heavy atom. The summed E-state index contributed by atoms with van der Waals surface area (Å²) in [6.45, 7) is 8.52. The lowest BCUT2D eigenvalue weighted by atomic mass is 10.0. The van der Waals surface area contributed by atoms with Crippen LogP contribution >= 0.6 is 0 Å². The third-order valence-corrected chi connectivity index (χ3v) is 5.31. The van der Waals surface area contributed by atoms with Crippen molar-refractivity contribution in [2.45, 2.75) is 71.3 Å². The molecule has 0 spiro atoms. The Morgan fingerprint density at radius 2 is 1.90 bits per heavy atom. The van der Waals surface area contributed by atoms with E-state index in [2.05, 4.69) is 23.6 Å². The second-order valence-corrected chi connectivity index (χ2v) is 6.55. The van der Waals surface area contributed by atoms with Crippen LogP contribution in [-0.4, -0.2) is 47.9 Å². The van der Waals surface area contributed by atoms with E-state index in [1.807, 2.05) is 0 Å². The van der Waals surface area contributed by atoms with E-state index < -0.39 is 0 Å². The van der Waals surface area contributed by atoms with Gasteiger partial charge in [-0.05, 0) is 45.2 Å². The molecule has 2 fully saturated rings. The Morgan fingerprint density at radius 1 is 1.15 bits per heavy atom. The molecule has 20 heavy (non-hydrogen) atoms. The molecule has 0 aromatic rings. The monoisotopic (exact) mass is 280 g/mol. The third-order valence-electron chi connectivity index (χ3n) is 5.31. The molecule has 1 amide bonds. The van der Waals surface area contributed by atoms with Crippen molar-refractivity contribution in [1.82, 2.24) is 9.80 Å². The fourth-order valence-electron chi connectivity index (χ4n) is 3.96. The Kier molecular flexibility index (Phi) is 6.34. The summed E-state index contributed by atoms with van der Waals surface area (Å²) < 4.78 is 0. The maximum Gasteiger partial charge on any atom is 0.222 e. The lowest BCUT2D eigenvalue weighted by Gasteiger charge is -2.30. The van der Waals surface area contributed by atoms with Crippen LogP contribution in [0.2, 0.25) is 0 Å². The zero-order valence-electron chi connectivity index (χ0n) is 13.4. The number of amides is 1. The number of hydrogen-bond donors (Lipinski definition) is 0. The summed E-state index contributed by atoms with van der Waals surface area (Å²) in [5.74, 6) is 1.22. The quantitative estimate of drug-likeness (QED) is 0.714. The Hall–Kier alpha value is -0.570. The second-order valence-electron chi connectivity index (χ2n) is 6.55. The summed E-state index contributed by atoms with van der Waals surface area (Å²) in [4.78, 5) is 17.1. The van der Waals surface area contributed by atoms with Crippen LogP contribution in [-0.2, 0) is 4.79 Å². The molecule has 116 valence electrons. The molecule has 2 rings (SSSR count). The molecule has 1 atom stereocenters. The highest BCUT2D eigenvalue weighted by Gasteiger charge is 2.26. The lowest BCUT2D eigenvalue weighted by molar-refractivity contribution is -0.132. The van der Waals surface area contributed by atoms with Gasteiger partial charge >= 0.3 is 0 Å². The van der Waals surface area contributed by atoms with Crippen molar-refractivity contribution < 1.29 is 4.79 Å². The van der Waals surface area contributed by atoms with Gasteiger partial charge in [0.2, 0.25) is 5.91 Å². The van der Waals surface area contributed by atoms with Gasteiger partial charge in [0.05, 0.1) is 0 Å². The highest BCUT2D eigenvalue weighted by atomic mass is 16.2. The van der Waals surface area contributed by atoms with E-state index >= 15 is 0 Å². The fraction of sp³-hybridized carbons (Fsp3) is 0.941. The van der Waals surface area contributed by atoms with Crippen LogP contribution in [0.1, 0.15) is 65.2 Å². The predicted octanol–water partition coefficient (Wildman–Crippen LogP) is 3.29. The van der Waals surface area contributed by atoms with Gasteiger partial charge in [0.1, 0.15) is 0 Å². The summed E-state index contributed by atoms with van der Waals surface area (Å²) in [5, 5.41) is 0. The van der Waals surface area contributed by atoms with Crippen LogP contribution in [0.5, 0.6) is 0 Å². The van der Waals surface area contributed by atoms with E-state index in [-0.39, 0.29) is 0 Å². The maximum atomic E-state index is 12.4. The highest BCUT2D eigenvalue weighted by Crippen LogP contribution is 2.28. The number of likely N-dealkylation sites (tertiary alicyclic amines) is 1. The van der Waals surface area contributed by atoms with E-state index in [0.717, 1.165) is 38.4 Å². The number of rotatable bonds is 7. The molecule has 1 heterocycles. The smallest absolute Gasteiger partial charge is 0.222 e. The molecular formula is C17H32N2O. The van der Waals surface area contributed by atoms with Gasteiger partial charge in [-0.25, -0.2) is 0 Å². The number of nitrogens with zero attached hydrogens (tertiary/aromatic N) is 2. The van der Waals surface area contributed by atoms with Gasteiger partial charge in [-0.3, -0.25) is 9.69 Å². The predicted molar refractivity (Wildman–Crippen MR) is 83.7 cm³/mol. The Labute approximate surface area is 124 Å². The molecule has 1 aliphatic heterocycles. The molecule has 2 aliphatic rings. The number of carbonyl (C=O) groups is 1. The van der Waals surface area contributed by atoms with Crippen molar-refractivity contribution >= 4 is 5.91 Å². The van der Waals surface area contributed by atoms with Gasteiger partial charge in [-0.1, -0.05) is 32.6 Å². The highest BCUT2D eigenvalue weighted by molar-refractivity contribution is 5.76. The lowest BCUT2D eigenvalue weighted by Crippen LogP contribution is -2.43. The van der Waals surface area contributed by atoms with Gasteiger partial charge < -0.3 is 4.90 Å². The summed E-state index contributed by atoms with van der Waals surface area (Å²) in [6, 6.07) is 0.607. The molecule has 0 aromatic carbocycles. The minimum atomic E-state index is 0.391. The minimum absolute atomic E-state index is 0.391. The van der Waals surface area contributed by atoms with Crippen molar-refractivity contribution in [3.05, 3.63) is 0 Å². The molecule has 1 unspecified atom stereocenters. The van der Waals surface area contributed by atoms with Crippen LogP contribution < -0.4 is 0 Å². The van der Waals surface area contributed by atoms with E-state index in [0.29, 0.717) is 11.9 Å². The van der Waals surface area contributed by atoms with Crippen LogP contribution in [0.25, 0.3) is 0 Å². The molecule has 1 saturated carbocycles. The molecule has 0 aromatic heterocycles. The maximum absolute atomic E-state index is 12.4. The first-order chi connectivity index (χ1) is 9.74. The average Bonchev–Trinajstić information content (AvgIpc) is 3.12. The Bertz CT molecular complexity index is 299. The molecule has 0 radical (unpaired) electrons. The molecule has 0 bridgehead atoms. The van der Waals surface area contributed by atoms with E-state index in [4.69, 9.17) is 0 Å². The standard InChI is InChI=1S/C17H32N2O/c1-3-18-13-7-10-16(18)14-19(4-2)17(20)12-11-15-8-5-6-9-15/h15-16H,3-14H2,1-2H3. The van der Waals surface area contributed by atoms with Crippen LogP contribution in [0, 0.1) is 5.92 Å². The van der Waals surface area contributed by atoms with E-state index in [9.17, 15) is 4.79 Å². The molecule has 1 aliphatic carbocycles. The van der Waals surface area contributed by atoms with Gasteiger partial charge in [0.15, 0.2) is 0 Å². The number of hydrogen-bond acceptors (Lipinski definition) is 2. The topological polar surface area (TPSA) is 23.6 Å². The first-order valence-corrected chi connectivity index (χ1v) is 8.76. The fourth-order valence-corrected chi connectivity index (χ4v) is 3.96. The van der Waals surface area contributed by atoms with Crippen LogP contribution in [0.15, 0.2) is 0 Å². The van der Waals surface area contributed by atoms with Crippen molar-refractivity contribution in [2.24, 2.45) is 5.92 Å². The van der Waals surface area contributed by atoms with Crippen LogP contribution in [0.3, 0.4) is 0 Å². The van der Waals surface area contributed by atoms with Crippen molar-refractivity contribution in [1.29, 1.82) is 0 Å².